The van der Waals surface area contributed by atoms with Gasteiger partial charge in [-0.1, -0.05) is 17.7 Å². The number of benzene rings is 1. The highest BCUT2D eigenvalue weighted by Crippen LogP contribution is 2.19. The van der Waals surface area contributed by atoms with Crippen molar-refractivity contribution in [2.45, 2.75) is 11.3 Å². The summed E-state index contributed by atoms with van der Waals surface area (Å²) in [6, 6.07) is 6.93. The van der Waals surface area contributed by atoms with Crippen molar-refractivity contribution in [3.8, 4) is 0 Å². The van der Waals surface area contributed by atoms with Crippen LogP contribution in [0.1, 0.15) is 5.56 Å². The summed E-state index contributed by atoms with van der Waals surface area (Å²) < 4.78 is 39.4. The summed E-state index contributed by atoms with van der Waals surface area (Å²) in [4.78, 5) is 3.88. The van der Waals surface area contributed by atoms with E-state index in [0.717, 1.165) is 17.7 Å². The monoisotopic (exact) mass is 314 g/mol. The van der Waals surface area contributed by atoms with Crippen molar-refractivity contribution in [3.63, 3.8) is 0 Å². The number of hydrogen-bond donors (Lipinski definition) is 1. The topological polar surface area (TPSA) is 59.1 Å². The fourth-order valence-corrected chi connectivity index (χ4v) is 2.91. The largest absolute Gasteiger partial charge is 0.264 e. The minimum Gasteiger partial charge on any atom is -0.264 e. The molecule has 2 aromatic rings. The lowest BCUT2D eigenvalue weighted by molar-refractivity contribution is 0.580. The third-order valence-electron chi connectivity index (χ3n) is 2.63. The number of pyridine rings is 1. The number of nitrogens with one attached hydrogen (secondary N) is 1. The predicted molar refractivity (Wildman–Crippen MR) is 74.5 cm³/mol. The van der Waals surface area contributed by atoms with Crippen LogP contribution in [0, 0.1) is 5.82 Å². The quantitative estimate of drug-likeness (QED) is 0.922. The van der Waals surface area contributed by atoms with Gasteiger partial charge in [0.15, 0.2) is 0 Å². The number of aromatic nitrogens is 1. The fraction of sp³-hybridized carbons (Fsp3) is 0.154. The summed E-state index contributed by atoms with van der Waals surface area (Å²) in [6.45, 7) is 0.225. The molecule has 106 valence electrons. The number of nitrogens with zero attached hydrogens (tertiary/aromatic N) is 1. The van der Waals surface area contributed by atoms with E-state index >= 15 is 0 Å². The molecular formula is C13H12ClFN2O2S. The first-order chi connectivity index (χ1) is 9.49. The third kappa shape index (κ3) is 3.75. The summed E-state index contributed by atoms with van der Waals surface area (Å²) in [5.41, 5.74) is 0.923. The molecule has 0 atom stereocenters. The number of sulfonamides is 1. The Morgan fingerprint density at radius 2 is 2.10 bits per heavy atom. The molecular weight excluding hydrogens is 303 g/mol. The molecule has 0 aliphatic heterocycles. The Hall–Kier alpha value is -1.50. The van der Waals surface area contributed by atoms with Crippen molar-refractivity contribution in [2.75, 3.05) is 6.54 Å². The first-order valence-electron chi connectivity index (χ1n) is 5.83. The van der Waals surface area contributed by atoms with Crippen LogP contribution in [-0.4, -0.2) is 19.9 Å². The predicted octanol–water partition coefficient (Wildman–Crippen LogP) is 2.40. The van der Waals surface area contributed by atoms with Crippen LogP contribution < -0.4 is 4.72 Å². The number of rotatable bonds is 5. The molecule has 7 heteroatoms. The molecule has 0 spiro atoms. The molecule has 0 aliphatic carbocycles. The van der Waals surface area contributed by atoms with E-state index in [-0.39, 0.29) is 16.5 Å². The van der Waals surface area contributed by atoms with Gasteiger partial charge in [0.05, 0.1) is 9.92 Å². The highest BCUT2D eigenvalue weighted by molar-refractivity contribution is 7.89. The van der Waals surface area contributed by atoms with E-state index in [0.29, 0.717) is 6.42 Å². The van der Waals surface area contributed by atoms with Gasteiger partial charge in [-0.2, -0.15) is 0 Å². The van der Waals surface area contributed by atoms with E-state index in [1.54, 1.807) is 18.5 Å². The molecule has 1 N–H and O–H groups in total. The maximum Gasteiger partial charge on any atom is 0.240 e. The molecule has 2 rings (SSSR count). The lowest BCUT2D eigenvalue weighted by atomic mass is 10.2. The van der Waals surface area contributed by atoms with Gasteiger partial charge in [-0.05, 0) is 36.2 Å². The minimum absolute atomic E-state index is 0.0601. The Labute approximate surface area is 121 Å². The van der Waals surface area contributed by atoms with Gasteiger partial charge in [0.1, 0.15) is 5.82 Å². The number of halogens is 2. The standard InChI is InChI=1S/C13H12ClFN2O2S/c14-12-8-11(3-4-13(12)15)20(18,19)17-7-5-10-2-1-6-16-9-10/h1-4,6,8-9,17H,5,7H2. The van der Waals surface area contributed by atoms with Crippen LogP contribution in [0.2, 0.25) is 5.02 Å². The molecule has 0 aliphatic rings. The second-order valence-corrected chi connectivity index (χ2v) is 6.26. The highest BCUT2D eigenvalue weighted by Gasteiger charge is 2.15. The van der Waals surface area contributed by atoms with E-state index < -0.39 is 15.8 Å². The van der Waals surface area contributed by atoms with Crippen molar-refractivity contribution >= 4 is 21.6 Å². The van der Waals surface area contributed by atoms with E-state index in [9.17, 15) is 12.8 Å². The first kappa shape index (κ1) is 14.9. The molecule has 4 nitrogen and oxygen atoms in total. The van der Waals surface area contributed by atoms with Crippen LogP contribution in [0.5, 0.6) is 0 Å². The van der Waals surface area contributed by atoms with Gasteiger partial charge >= 0.3 is 0 Å². The maximum absolute atomic E-state index is 13.0. The molecule has 1 heterocycles. The maximum atomic E-state index is 13.0. The lowest BCUT2D eigenvalue weighted by Crippen LogP contribution is -2.26. The van der Waals surface area contributed by atoms with E-state index in [2.05, 4.69) is 9.71 Å². The Morgan fingerprint density at radius 3 is 2.75 bits per heavy atom. The van der Waals surface area contributed by atoms with Gasteiger partial charge < -0.3 is 0 Å². The second-order valence-electron chi connectivity index (χ2n) is 4.08. The van der Waals surface area contributed by atoms with Crippen LogP contribution >= 0.6 is 11.6 Å². The Bertz CT molecular complexity index is 693. The molecule has 0 bridgehead atoms. The summed E-state index contributed by atoms with van der Waals surface area (Å²) >= 11 is 5.57. The molecule has 0 saturated carbocycles. The van der Waals surface area contributed by atoms with Crippen molar-refractivity contribution in [1.82, 2.24) is 9.71 Å². The summed E-state index contributed by atoms with van der Waals surface area (Å²) in [5, 5.41) is -0.222. The molecule has 0 fully saturated rings. The van der Waals surface area contributed by atoms with E-state index in [4.69, 9.17) is 11.6 Å². The fourth-order valence-electron chi connectivity index (χ4n) is 1.60. The Morgan fingerprint density at radius 1 is 1.30 bits per heavy atom. The lowest BCUT2D eigenvalue weighted by Gasteiger charge is -2.07. The van der Waals surface area contributed by atoms with Crippen LogP contribution in [0.4, 0.5) is 4.39 Å². The second kappa shape index (κ2) is 6.30. The zero-order valence-corrected chi connectivity index (χ0v) is 12.0. The first-order valence-corrected chi connectivity index (χ1v) is 7.69. The SMILES string of the molecule is O=S(=O)(NCCc1cccnc1)c1ccc(F)c(Cl)c1. The van der Waals surface area contributed by atoms with Crippen molar-refractivity contribution in [1.29, 1.82) is 0 Å². The Balaban J connectivity index is 2.02. The molecule has 20 heavy (non-hydrogen) atoms. The van der Waals surface area contributed by atoms with Gasteiger partial charge in [-0.3, -0.25) is 4.98 Å². The average Bonchev–Trinajstić information content (AvgIpc) is 2.43. The van der Waals surface area contributed by atoms with Gasteiger partial charge in [0.25, 0.3) is 0 Å². The van der Waals surface area contributed by atoms with Crippen molar-refractivity contribution in [3.05, 3.63) is 59.1 Å². The van der Waals surface area contributed by atoms with Crippen LogP contribution in [-0.2, 0) is 16.4 Å². The van der Waals surface area contributed by atoms with Crippen molar-refractivity contribution in [2.24, 2.45) is 0 Å². The molecule has 1 aromatic heterocycles. The normalized spacial score (nSPS) is 11.5. The zero-order chi connectivity index (χ0) is 14.6. The molecule has 0 amide bonds. The Kier molecular flexibility index (Phi) is 4.69. The van der Waals surface area contributed by atoms with Gasteiger partial charge in [0, 0.05) is 18.9 Å². The zero-order valence-electron chi connectivity index (χ0n) is 10.4. The number of hydrogen-bond acceptors (Lipinski definition) is 3. The van der Waals surface area contributed by atoms with Crippen LogP contribution in [0.25, 0.3) is 0 Å². The van der Waals surface area contributed by atoms with Gasteiger partial charge in [0.2, 0.25) is 10.0 Å². The van der Waals surface area contributed by atoms with E-state index in [1.165, 1.54) is 6.07 Å². The molecule has 0 saturated heterocycles. The minimum atomic E-state index is -3.69. The van der Waals surface area contributed by atoms with Crippen LogP contribution in [0.15, 0.2) is 47.6 Å². The van der Waals surface area contributed by atoms with Crippen LogP contribution in [0.3, 0.4) is 0 Å². The van der Waals surface area contributed by atoms with Crippen molar-refractivity contribution < 1.29 is 12.8 Å². The molecule has 1 aromatic carbocycles. The third-order valence-corrected chi connectivity index (χ3v) is 4.38. The molecule has 0 unspecified atom stereocenters. The average molecular weight is 315 g/mol. The highest BCUT2D eigenvalue weighted by atomic mass is 35.5. The van der Waals surface area contributed by atoms with Gasteiger partial charge in [-0.15, -0.1) is 0 Å². The molecule has 0 radical (unpaired) electrons. The summed E-state index contributed by atoms with van der Waals surface area (Å²) in [7, 11) is -3.69. The summed E-state index contributed by atoms with van der Waals surface area (Å²) in [6.07, 6.45) is 3.83. The van der Waals surface area contributed by atoms with Gasteiger partial charge in [-0.25, -0.2) is 17.5 Å². The summed E-state index contributed by atoms with van der Waals surface area (Å²) in [5.74, 6) is -0.652. The van der Waals surface area contributed by atoms with E-state index in [1.807, 2.05) is 6.07 Å². The smallest absolute Gasteiger partial charge is 0.240 e.